The number of hydrogen-bond donors (Lipinski definition) is 1. The van der Waals surface area contributed by atoms with Crippen molar-refractivity contribution in [2.45, 2.75) is 26.4 Å². The highest BCUT2D eigenvalue weighted by atomic mass is 16.3. The predicted molar refractivity (Wildman–Crippen MR) is 51.1 cm³/mol. The average molecular weight is 175 g/mol. The maximum absolute atomic E-state index is 8.88. The zero-order chi connectivity index (χ0) is 9.84. The smallest absolute Gasteiger partial charge is 0.0700 e. The molecule has 0 aromatic heterocycles. The number of aliphatic hydroxyl groups is 1. The van der Waals surface area contributed by atoms with Crippen LogP contribution in [0, 0.1) is 18.3 Å². The second-order valence-corrected chi connectivity index (χ2v) is 3.20. The maximum atomic E-state index is 8.88. The molecule has 2 heteroatoms. The number of aryl methyl sites for hydroxylation is 1. The molecule has 0 spiro atoms. The van der Waals surface area contributed by atoms with Gasteiger partial charge in [0.15, 0.2) is 0 Å². The Kier molecular flexibility index (Phi) is 3.05. The number of hydrogen-bond acceptors (Lipinski definition) is 2. The molecule has 0 bridgehead atoms. The summed E-state index contributed by atoms with van der Waals surface area (Å²) in [5.41, 5.74) is 3.01. The molecular weight excluding hydrogens is 162 g/mol. The molecule has 0 amide bonds. The fraction of sp³-hybridized carbons (Fsp3) is 0.364. The maximum Gasteiger partial charge on any atom is 0.0700 e. The van der Waals surface area contributed by atoms with Crippen molar-refractivity contribution in [1.82, 2.24) is 0 Å². The monoisotopic (exact) mass is 175 g/mol. The van der Waals surface area contributed by atoms with Gasteiger partial charge in [0, 0.05) is 0 Å². The lowest BCUT2D eigenvalue weighted by atomic mass is 9.96. The Morgan fingerprint density at radius 2 is 2.23 bits per heavy atom. The van der Waals surface area contributed by atoms with Gasteiger partial charge in [-0.25, -0.2) is 0 Å². The molecule has 0 heterocycles. The Balaban J connectivity index is 3.06. The summed E-state index contributed by atoms with van der Waals surface area (Å²) in [6.45, 7) is 3.89. The highest BCUT2D eigenvalue weighted by Gasteiger charge is 2.06. The van der Waals surface area contributed by atoms with Crippen molar-refractivity contribution >= 4 is 0 Å². The first-order valence-electron chi connectivity index (χ1n) is 4.29. The molecule has 2 nitrogen and oxygen atoms in total. The third kappa shape index (κ3) is 2.07. The van der Waals surface area contributed by atoms with Crippen molar-refractivity contribution in [1.29, 1.82) is 5.26 Å². The molecule has 0 fully saturated rings. The first-order chi connectivity index (χ1) is 6.19. The lowest BCUT2D eigenvalue weighted by Crippen LogP contribution is -1.95. The molecule has 0 aliphatic carbocycles. The first-order valence-corrected chi connectivity index (χ1v) is 4.29. The molecule has 68 valence electrons. The van der Waals surface area contributed by atoms with E-state index in [9.17, 15) is 0 Å². The molecule has 1 unspecified atom stereocenters. The molecule has 0 aliphatic rings. The lowest BCUT2D eigenvalue weighted by Gasteiger charge is -2.08. The molecule has 1 rings (SSSR count). The standard InChI is InChI=1S/C11H13NO/c1-8-5-10(7-13)3-4-11(8)9(2)6-12/h3-5,9,13H,7H2,1-2H3. The van der Waals surface area contributed by atoms with Gasteiger partial charge < -0.3 is 5.11 Å². The fourth-order valence-electron chi connectivity index (χ4n) is 1.39. The summed E-state index contributed by atoms with van der Waals surface area (Å²) in [4.78, 5) is 0. The topological polar surface area (TPSA) is 44.0 Å². The van der Waals surface area contributed by atoms with E-state index in [0.717, 1.165) is 16.7 Å². The molecule has 1 N–H and O–H groups in total. The van der Waals surface area contributed by atoms with E-state index >= 15 is 0 Å². The fourth-order valence-corrected chi connectivity index (χ4v) is 1.39. The predicted octanol–water partition coefficient (Wildman–Crippen LogP) is 2.11. The molecule has 1 atom stereocenters. The number of nitrogens with zero attached hydrogens (tertiary/aromatic N) is 1. The van der Waals surface area contributed by atoms with Gasteiger partial charge in [-0.2, -0.15) is 5.26 Å². The van der Waals surface area contributed by atoms with Gasteiger partial charge in [-0.05, 0) is 30.5 Å². The van der Waals surface area contributed by atoms with Crippen molar-refractivity contribution in [2.24, 2.45) is 0 Å². The molecule has 0 saturated heterocycles. The molecule has 1 aromatic carbocycles. The van der Waals surface area contributed by atoms with E-state index in [1.165, 1.54) is 0 Å². The van der Waals surface area contributed by atoms with Gasteiger partial charge in [-0.15, -0.1) is 0 Å². The minimum absolute atomic E-state index is 0.0576. The van der Waals surface area contributed by atoms with Crippen LogP contribution in [0.15, 0.2) is 18.2 Å². The summed E-state index contributed by atoms with van der Waals surface area (Å²) in [5, 5.41) is 17.6. The Bertz CT molecular complexity index is 338. The van der Waals surface area contributed by atoms with Crippen molar-refractivity contribution in [3.05, 3.63) is 34.9 Å². The van der Waals surface area contributed by atoms with Crippen molar-refractivity contribution in [3.63, 3.8) is 0 Å². The summed E-state index contributed by atoms with van der Waals surface area (Å²) >= 11 is 0. The van der Waals surface area contributed by atoms with Crippen molar-refractivity contribution in [3.8, 4) is 6.07 Å². The molecule has 1 aromatic rings. The van der Waals surface area contributed by atoms with Gasteiger partial charge in [0.1, 0.15) is 0 Å². The highest BCUT2D eigenvalue weighted by molar-refractivity contribution is 5.35. The van der Waals surface area contributed by atoms with Crippen LogP contribution < -0.4 is 0 Å². The van der Waals surface area contributed by atoms with Gasteiger partial charge >= 0.3 is 0 Å². The third-order valence-electron chi connectivity index (χ3n) is 2.18. The number of rotatable bonds is 2. The Labute approximate surface area is 78.4 Å². The van der Waals surface area contributed by atoms with Gasteiger partial charge in [0.05, 0.1) is 18.6 Å². The van der Waals surface area contributed by atoms with Crippen molar-refractivity contribution < 1.29 is 5.11 Å². The summed E-state index contributed by atoms with van der Waals surface area (Å²) in [6.07, 6.45) is 0. The van der Waals surface area contributed by atoms with Crippen LogP contribution in [0.1, 0.15) is 29.5 Å². The van der Waals surface area contributed by atoms with E-state index in [1.54, 1.807) is 0 Å². The van der Waals surface area contributed by atoms with Crippen LogP contribution in [0.25, 0.3) is 0 Å². The van der Waals surface area contributed by atoms with Crippen LogP contribution in [0.4, 0.5) is 0 Å². The summed E-state index contributed by atoms with van der Waals surface area (Å²) in [6, 6.07) is 7.89. The Hall–Kier alpha value is -1.33. The number of benzene rings is 1. The average Bonchev–Trinajstić information content (AvgIpc) is 2.16. The second-order valence-electron chi connectivity index (χ2n) is 3.20. The minimum atomic E-state index is -0.0762. The molecule has 0 saturated carbocycles. The Morgan fingerprint density at radius 3 is 2.69 bits per heavy atom. The normalized spacial score (nSPS) is 12.2. The number of nitriles is 1. The van der Waals surface area contributed by atoms with E-state index in [4.69, 9.17) is 10.4 Å². The van der Waals surface area contributed by atoms with E-state index < -0.39 is 0 Å². The first kappa shape index (κ1) is 9.76. The summed E-state index contributed by atoms with van der Waals surface area (Å²) < 4.78 is 0. The van der Waals surface area contributed by atoms with Crippen LogP contribution >= 0.6 is 0 Å². The van der Waals surface area contributed by atoms with E-state index in [1.807, 2.05) is 32.0 Å². The van der Waals surface area contributed by atoms with Gasteiger partial charge in [-0.3, -0.25) is 0 Å². The van der Waals surface area contributed by atoms with Crippen LogP contribution in [-0.2, 0) is 6.61 Å². The molecular formula is C11H13NO. The van der Waals surface area contributed by atoms with Crippen molar-refractivity contribution in [2.75, 3.05) is 0 Å². The largest absolute Gasteiger partial charge is 0.392 e. The quantitative estimate of drug-likeness (QED) is 0.748. The van der Waals surface area contributed by atoms with E-state index in [-0.39, 0.29) is 12.5 Å². The SMILES string of the molecule is Cc1cc(CO)ccc1C(C)C#N. The lowest BCUT2D eigenvalue weighted by molar-refractivity contribution is 0.281. The second kappa shape index (κ2) is 4.06. The Morgan fingerprint density at radius 1 is 1.54 bits per heavy atom. The summed E-state index contributed by atoms with van der Waals surface area (Å²) in [7, 11) is 0. The van der Waals surface area contributed by atoms with E-state index in [0.29, 0.717) is 0 Å². The molecule has 13 heavy (non-hydrogen) atoms. The van der Waals surface area contributed by atoms with Crippen LogP contribution in [0.2, 0.25) is 0 Å². The zero-order valence-electron chi connectivity index (χ0n) is 7.91. The zero-order valence-corrected chi connectivity index (χ0v) is 7.91. The van der Waals surface area contributed by atoms with Crippen LogP contribution in [-0.4, -0.2) is 5.11 Å². The van der Waals surface area contributed by atoms with Gasteiger partial charge in [0.25, 0.3) is 0 Å². The highest BCUT2D eigenvalue weighted by Crippen LogP contribution is 2.19. The van der Waals surface area contributed by atoms with Gasteiger partial charge in [0.2, 0.25) is 0 Å². The molecule has 0 radical (unpaired) electrons. The van der Waals surface area contributed by atoms with Crippen LogP contribution in [0.5, 0.6) is 0 Å². The van der Waals surface area contributed by atoms with Crippen LogP contribution in [0.3, 0.4) is 0 Å². The third-order valence-corrected chi connectivity index (χ3v) is 2.18. The minimum Gasteiger partial charge on any atom is -0.392 e. The van der Waals surface area contributed by atoms with Gasteiger partial charge in [-0.1, -0.05) is 18.2 Å². The summed E-state index contributed by atoms with van der Waals surface area (Å²) in [5.74, 6) is -0.0762. The number of aliphatic hydroxyl groups excluding tert-OH is 1. The molecule has 0 aliphatic heterocycles. The van der Waals surface area contributed by atoms with E-state index in [2.05, 4.69) is 6.07 Å².